The predicted molar refractivity (Wildman–Crippen MR) is 131 cm³/mol. The Balaban J connectivity index is 0.00000392. The van der Waals surface area contributed by atoms with Crippen molar-refractivity contribution in [2.24, 2.45) is 10.9 Å². The van der Waals surface area contributed by atoms with E-state index in [0.717, 1.165) is 57.1 Å². The van der Waals surface area contributed by atoms with Gasteiger partial charge in [0.25, 0.3) is 5.56 Å². The molecule has 2 N–H and O–H groups in total. The highest BCUT2D eigenvalue weighted by Gasteiger charge is 2.05. The standard InChI is InChI=1S/C21H32N4OS.HI/c1-4-22-21(24-16-17(2)15-19-10-8-14-27-19)23-12-5-6-13-25-18(3)9-7-11-20(25)26;/h7-11,14,17H,4-6,12-13,15-16H2,1-3H3,(H2,22,23,24);1H. The Hall–Kier alpha value is -1.35. The van der Waals surface area contributed by atoms with Crippen molar-refractivity contribution in [3.63, 3.8) is 0 Å². The summed E-state index contributed by atoms with van der Waals surface area (Å²) in [6.45, 7) is 9.58. The molecular weight excluding hydrogens is 483 g/mol. The van der Waals surface area contributed by atoms with Crippen LogP contribution in [0.15, 0.2) is 45.5 Å². The van der Waals surface area contributed by atoms with Gasteiger partial charge in [0.15, 0.2) is 5.96 Å². The lowest BCUT2D eigenvalue weighted by Gasteiger charge is -2.14. The van der Waals surface area contributed by atoms with Gasteiger partial charge in [-0.25, -0.2) is 0 Å². The van der Waals surface area contributed by atoms with Crippen molar-refractivity contribution in [2.75, 3.05) is 19.6 Å². The zero-order valence-electron chi connectivity index (χ0n) is 17.1. The molecule has 0 saturated carbocycles. The van der Waals surface area contributed by atoms with Crippen LogP contribution in [0.1, 0.15) is 37.3 Å². The molecule has 0 fully saturated rings. The van der Waals surface area contributed by atoms with Crippen molar-refractivity contribution in [3.05, 3.63) is 56.6 Å². The first kappa shape index (κ1) is 24.7. The summed E-state index contributed by atoms with van der Waals surface area (Å²) in [5.74, 6) is 1.40. The highest BCUT2D eigenvalue weighted by atomic mass is 127. The molecule has 1 unspecified atom stereocenters. The molecule has 2 heterocycles. The number of guanidine groups is 1. The third-order valence-corrected chi connectivity index (χ3v) is 5.30. The Morgan fingerprint density at radius 2 is 2.04 bits per heavy atom. The average molecular weight is 516 g/mol. The summed E-state index contributed by atoms with van der Waals surface area (Å²) in [6, 6.07) is 9.71. The predicted octanol–water partition coefficient (Wildman–Crippen LogP) is 4.05. The fourth-order valence-electron chi connectivity index (χ4n) is 2.94. The average Bonchev–Trinajstić information content (AvgIpc) is 3.14. The number of hydrogen-bond acceptors (Lipinski definition) is 3. The van der Waals surface area contributed by atoms with Crippen LogP contribution in [0.3, 0.4) is 0 Å². The van der Waals surface area contributed by atoms with Gasteiger partial charge in [-0.1, -0.05) is 19.1 Å². The minimum atomic E-state index is 0. The molecule has 0 aliphatic rings. The number of halogens is 1. The molecule has 0 aromatic carbocycles. The number of rotatable bonds is 10. The van der Waals surface area contributed by atoms with E-state index in [1.807, 2.05) is 35.0 Å². The Morgan fingerprint density at radius 1 is 1.21 bits per heavy atom. The molecule has 7 heteroatoms. The minimum Gasteiger partial charge on any atom is -0.357 e. The quantitative estimate of drug-likeness (QED) is 0.217. The molecule has 0 aliphatic heterocycles. The number of aromatic nitrogens is 1. The van der Waals surface area contributed by atoms with E-state index in [9.17, 15) is 4.79 Å². The molecule has 0 amide bonds. The van der Waals surface area contributed by atoms with Crippen LogP contribution in [0, 0.1) is 12.8 Å². The summed E-state index contributed by atoms with van der Waals surface area (Å²) in [5, 5.41) is 8.84. The molecule has 0 bridgehead atoms. The summed E-state index contributed by atoms with van der Waals surface area (Å²) >= 11 is 1.81. The van der Waals surface area contributed by atoms with Gasteiger partial charge in [-0.2, -0.15) is 0 Å². The highest BCUT2D eigenvalue weighted by molar-refractivity contribution is 14.0. The van der Waals surface area contributed by atoms with Crippen LogP contribution < -0.4 is 16.2 Å². The van der Waals surface area contributed by atoms with E-state index in [-0.39, 0.29) is 29.5 Å². The van der Waals surface area contributed by atoms with Crippen LogP contribution in [0.25, 0.3) is 0 Å². The highest BCUT2D eigenvalue weighted by Crippen LogP contribution is 2.14. The maximum absolute atomic E-state index is 11.9. The number of pyridine rings is 1. The van der Waals surface area contributed by atoms with Gasteiger partial charge < -0.3 is 15.2 Å². The fraction of sp³-hybridized carbons (Fsp3) is 0.524. The van der Waals surface area contributed by atoms with Gasteiger partial charge in [-0.3, -0.25) is 9.79 Å². The number of unbranched alkanes of at least 4 members (excludes halogenated alkanes) is 1. The Labute approximate surface area is 189 Å². The van der Waals surface area contributed by atoms with Gasteiger partial charge in [0.1, 0.15) is 0 Å². The van der Waals surface area contributed by atoms with E-state index < -0.39 is 0 Å². The minimum absolute atomic E-state index is 0. The fourth-order valence-corrected chi connectivity index (χ4v) is 3.81. The smallest absolute Gasteiger partial charge is 0.250 e. The Kier molecular flexibility index (Phi) is 12.1. The molecule has 0 saturated heterocycles. The van der Waals surface area contributed by atoms with Crippen LogP contribution in [0.4, 0.5) is 0 Å². The van der Waals surface area contributed by atoms with Crippen LogP contribution in [0.2, 0.25) is 0 Å². The van der Waals surface area contributed by atoms with Crippen molar-refractivity contribution >= 4 is 41.3 Å². The Bertz CT molecular complexity index is 758. The molecular formula is C21H33IN4OS. The second-order valence-corrected chi connectivity index (χ2v) is 7.93. The molecule has 156 valence electrons. The van der Waals surface area contributed by atoms with Crippen molar-refractivity contribution < 1.29 is 0 Å². The van der Waals surface area contributed by atoms with Gasteiger partial charge >= 0.3 is 0 Å². The van der Waals surface area contributed by atoms with Crippen molar-refractivity contribution in [1.82, 2.24) is 15.2 Å². The van der Waals surface area contributed by atoms with Crippen molar-refractivity contribution in [2.45, 2.75) is 46.6 Å². The lowest BCUT2D eigenvalue weighted by atomic mass is 10.1. The zero-order valence-corrected chi connectivity index (χ0v) is 20.3. The summed E-state index contributed by atoms with van der Waals surface area (Å²) in [4.78, 5) is 18.0. The molecule has 2 aromatic heterocycles. The van der Waals surface area contributed by atoms with Gasteiger partial charge in [0.05, 0.1) is 0 Å². The molecule has 2 aromatic rings. The zero-order chi connectivity index (χ0) is 19.5. The second kappa shape index (κ2) is 13.8. The molecule has 5 nitrogen and oxygen atoms in total. The lowest BCUT2D eigenvalue weighted by Crippen LogP contribution is -2.38. The number of aliphatic imine (C=N–C) groups is 1. The number of nitrogens with zero attached hydrogens (tertiary/aromatic N) is 2. The molecule has 0 spiro atoms. The van der Waals surface area contributed by atoms with Crippen molar-refractivity contribution in [1.29, 1.82) is 0 Å². The lowest BCUT2D eigenvalue weighted by molar-refractivity contribution is 0.571. The first-order valence-electron chi connectivity index (χ1n) is 9.81. The largest absolute Gasteiger partial charge is 0.357 e. The van der Waals surface area contributed by atoms with Crippen LogP contribution in [0.5, 0.6) is 0 Å². The number of hydrogen-bond donors (Lipinski definition) is 2. The number of thiophene rings is 1. The van der Waals surface area contributed by atoms with Gasteiger partial charge in [-0.15, -0.1) is 35.3 Å². The van der Waals surface area contributed by atoms with E-state index in [4.69, 9.17) is 4.99 Å². The maximum Gasteiger partial charge on any atom is 0.250 e. The molecule has 1 atom stereocenters. The first-order valence-corrected chi connectivity index (χ1v) is 10.7. The normalized spacial score (nSPS) is 12.3. The van der Waals surface area contributed by atoms with E-state index in [1.54, 1.807) is 6.07 Å². The van der Waals surface area contributed by atoms with E-state index in [1.165, 1.54) is 4.88 Å². The topological polar surface area (TPSA) is 58.4 Å². The third-order valence-electron chi connectivity index (χ3n) is 4.40. The monoisotopic (exact) mass is 516 g/mol. The summed E-state index contributed by atoms with van der Waals surface area (Å²) in [6.07, 6.45) is 3.04. The SMILES string of the molecule is CCNC(=NCC(C)Cc1cccs1)NCCCCn1c(C)cccc1=O.I. The van der Waals surface area contributed by atoms with E-state index in [0.29, 0.717) is 5.92 Å². The molecule has 28 heavy (non-hydrogen) atoms. The second-order valence-electron chi connectivity index (χ2n) is 6.90. The van der Waals surface area contributed by atoms with Gasteiger partial charge in [-0.05, 0) is 56.5 Å². The third kappa shape index (κ3) is 8.77. The first-order chi connectivity index (χ1) is 13.1. The summed E-state index contributed by atoms with van der Waals surface area (Å²) in [7, 11) is 0. The van der Waals surface area contributed by atoms with Crippen molar-refractivity contribution in [3.8, 4) is 0 Å². The summed E-state index contributed by atoms with van der Waals surface area (Å²) < 4.78 is 1.84. The van der Waals surface area contributed by atoms with Crippen LogP contribution in [-0.2, 0) is 13.0 Å². The number of nitrogens with one attached hydrogen (secondary N) is 2. The van der Waals surface area contributed by atoms with Crippen LogP contribution >= 0.6 is 35.3 Å². The summed E-state index contributed by atoms with van der Waals surface area (Å²) in [5.41, 5.74) is 1.10. The van der Waals surface area contributed by atoms with E-state index >= 15 is 0 Å². The molecule has 0 aliphatic carbocycles. The van der Waals surface area contributed by atoms with E-state index in [2.05, 4.69) is 42.0 Å². The molecule has 0 radical (unpaired) electrons. The molecule has 2 rings (SSSR count). The number of aryl methyl sites for hydroxylation is 1. The van der Waals surface area contributed by atoms with Gasteiger partial charge in [0, 0.05) is 42.8 Å². The Morgan fingerprint density at radius 3 is 2.71 bits per heavy atom. The van der Waals surface area contributed by atoms with Gasteiger partial charge in [0.2, 0.25) is 0 Å². The maximum atomic E-state index is 11.9. The van der Waals surface area contributed by atoms with Crippen LogP contribution in [-0.4, -0.2) is 30.2 Å².